The van der Waals surface area contributed by atoms with Gasteiger partial charge in [0.2, 0.25) is 0 Å². The molecule has 0 aliphatic carbocycles. The first kappa shape index (κ1) is 22.8. The molecule has 0 saturated carbocycles. The number of rotatable bonds is 8. The lowest BCUT2D eigenvalue weighted by Gasteiger charge is -2.29. The third kappa shape index (κ3) is 5.88. The second kappa shape index (κ2) is 10.9. The molecule has 3 aromatic rings. The molecule has 0 amide bonds. The zero-order chi connectivity index (χ0) is 22.3. The molecule has 1 aliphatic rings. The van der Waals surface area contributed by atoms with Gasteiger partial charge < -0.3 is 24.4 Å². The van der Waals surface area contributed by atoms with Crippen LogP contribution in [-0.2, 0) is 17.9 Å². The molecular formula is C25H26BrClN2O3. The van der Waals surface area contributed by atoms with Crippen molar-refractivity contribution >= 4 is 38.9 Å². The molecule has 4 rings (SSSR count). The van der Waals surface area contributed by atoms with Crippen molar-refractivity contribution in [1.29, 1.82) is 0 Å². The van der Waals surface area contributed by atoms with Crippen molar-refractivity contribution in [2.75, 3.05) is 43.6 Å². The first-order valence-corrected chi connectivity index (χ1v) is 11.7. The van der Waals surface area contributed by atoms with E-state index in [9.17, 15) is 0 Å². The molecule has 7 heteroatoms. The van der Waals surface area contributed by atoms with Gasteiger partial charge in [-0.3, -0.25) is 0 Å². The standard InChI is InChI=1S/C25H26BrClN2O3/c1-30-24-15-19(14-23(26)25(24)32-17-18-3-2-4-20(27)13-18)16-28-21-5-7-22(8-6-21)29-9-11-31-12-10-29/h2-8,13-15,28H,9-12,16-17H2,1H3. The van der Waals surface area contributed by atoms with E-state index >= 15 is 0 Å². The number of morpholine rings is 1. The number of benzene rings is 3. The van der Waals surface area contributed by atoms with Crippen molar-refractivity contribution < 1.29 is 14.2 Å². The van der Waals surface area contributed by atoms with E-state index in [1.165, 1.54) is 5.69 Å². The monoisotopic (exact) mass is 516 g/mol. The van der Waals surface area contributed by atoms with E-state index in [4.69, 9.17) is 25.8 Å². The van der Waals surface area contributed by atoms with Crippen molar-refractivity contribution in [2.45, 2.75) is 13.2 Å². The fraction of sp³-hybridized carbons (Fsp3) is 0.280. The van der Waals surface area contributed by atoms with Gasteiger partial charge in [0.25, 0.3) is 0 Å². The van der Waals surface area contributed by atoms with Crippen LogP contribution in [-0.4, -0.2) is 33.4 Å². The minimum Gasteiger partial charge on any atom is -0.493 e. The predicted octanol–water partition coefficient (Wildman–Crippen LogP) is 6.14. The molecule has 0 spiro atoms. The largest absolute Gasteiger partial charge is 0.493 e. The summed E-state index contributed by atoms with van der Waals surface area (Å²) in [6.07, 6.45) is 0. The first-order chi connectivity index (χ1) is 15.6. The van der Waals surface area contributed by atoms with E-state index < -0.39 is 0 Å². The number of nitrogens with one attached hydrogen (secondary N) is 1. The molecule has 32 heavy (non-hydrogen) atoms. The smallest absolute Gasteiger partial charge is 0.175 e. The number of nitrogens with zero attached hydrogens (tertiary/aromatic N) is 1. The van der Waals surface area contributed by atoms with Crippen LogP contribution in [0.2, 0.25) is 5.02 Å². The molecule has 1 saturated heterocycles. The molecule has 0 aromatic heterocycles. The Bertz CT molecular complexity index is 1040. The van der Waals surface area contributed by atoms with E-state index in [-0.39, 0.29) is 0 Å². The number of methoxy groups -OCH3 is 1. The molecule has 1 N–H and O–H groups in total. The predicted molar refractivity (Wildman–Crippen MR) is 133 cm³/mol. The molecule has 0 radical (unpaired) electrons. The highest BCUT2D eigenvalue weighted by Gasteiger charge is 2.13. The topological polar surface area (TPSA) is 43.0 Å². The van der Waals surface area contributed by atoms with E-state index in [1.54, 1.807) is 7.11 Å². The average Bonchev–Trinajstić information content (AvgIpc) is 2.82. The van der Waals surface area contributed by atoms with Gasteiger partial charge in [0.1, 0.15) is 6.61 Å². The number of hydrogen-bond donors (Lipinski definition) is 1. The quantitative estimate of drug-likeness (QED) is 0.389. The van der Waals surface area contributed by atoms with Gasteiger partial charge in [-0.05, 0) is 75.6 Å². The van der Waals surface area contributed by atoms with Gasteiger partial charge in [0.15, 0.2) is 11.5 Å². The van der Waals surface area contributed by atoms with Crippen LogP contribution in [0, 0.1) is 0 Å². The Morgan fingerprint density at radius 3 is 2.53 bits per heavy atom. The Hall–Kier alpha value is -2.41. The van der Waals surface area contributed by atoms with Crippen LogP contribution in [0.25, 0.3) is 0 Å². The fourth-order valence-corrected chi connectivity index (χ4v) is 4.43. The molecule has 0 unspecified atom stereocenters. The molecule has 1 heterocycles. The highest BCUT2D eigenvalue weighted by molar-refractivity contribution is 9.10. The van der Waals surface area contributed by atoms with Crippen molar-refractivity contribution in [3.63, 3.8) is 0 Å². The molecule has 5 nitrogen and oxygen atoms in total. The summed E-state index contributed by atoms with van der Waals surface area (Å²) < 4.78 is 17.9. The van der Waals surface area contributed by atoms with Gasteiger partial charge in [-0.25, -0.2) is 0 Å². The highest BCUT2D eigenvalue weighted by atomic mass is 79.9. The number of hydrogen-bond acceptors (Lipinski definition) is 5. The minimum absolute atomic E-state index is 0.405. The fourth-order valence-electron chi connectivity index (χ4n) is 3.61. The molecule has 1 fully saturated rings. The lowest BCUT2D eigenvalue weighted by atomic mass is 10.2. The summed E-state index contributed by atoms with van der Waals surface area (Å²) in [7, 11) is 1.65. The summed E-state index contributed by atoms with van der Waals surface area (Å²) in [6.45, 7) is 4.52. The summed E-state index contributed by atoms with van der Waals surface area (Å²) in [5.41, 5.74) is 4.38. The summed E-state index contributed by atoms with van der Waals surface area (Å²) in [4.78, 5) is 2.34. The van der Waals surface area contributed by atoms with Crippen molar-refractivity contribution in [1.82, 2.24) is 0 Å². The Kier molecular flexibility index (Phi) is 7.79. The molecule has 3 aromatic carbocycles. The van der Waals surface area contributed by atoms with Crippen LogP contribution >= 0.6 is 27.5 Å². The molecule has 0 bridgehead atoms. The van der Waals surface area contributed by atoms with Gasteiger partial charge in [-0.1, -0.05) is 23.7 Å². The maximum absolute atomic E-state index is 6.07. The Morgan fingerprint density at radius 1 is 1.03 bits per heavy atom. The summed E-state index contributed by atoms with van der Waals surface area (Å²) in [6, 6.07) is 20.2. The van der Waals surface area contributed by atoms with Gasteiger partial charge >= 0.3 is 0 Å². The van der Waals surface area contributed by atoms with Crippen LogP contribution in [0.1, 0.15) is 11.1 Å². The zero-order valence-corrected chi connectivity index (χ0v) is 20.3. The second-order valence-corrected chi connectivity index (χ2v) is 8.82. The van der Waals surface area contributed by atoms with Gasteiger partial charge in [-0.15, -0.1) is 0 Å². The van der Waals surface area contributed by atoms with Crippen molar-refractivity contribution in [3.8, 4) is 11.5 Å². The van der Waals surface area contributed by atoms with Crippen LogP contribution < -0.4 is 19.7 Å². The highest BCUT2D eigenvalue weighted by Crippen LogP contribution is 2.37. The molecule has 168 valence electrons. The lowest BCUT2D eigenvalue weighted by Crippen LogP contribution is -2.36. The second-order valence-electron chi connectivity index (χ2n) is 7.53. The normalized spacial score (nSPS) is 13.7. The van der Waals surface area contributed by atoms with Gasteiger partial charge in [0, 0.05) is 36.0 Å². The number of anilines is 2. The van der Waals surface area contributed by atoms with E-state index in [0.29, 0.717) is 29.7 Å². The Morgan fingerprint density at radius 2 is 1.81 bits per heavy atom. The van der Waals surface area contributed by atoms with E-state index in [2.05, 4.69) is 50.4 Å². The van der Waals surface area contributed by atoms with Crippen LogP contribution in [0.4, 0.5) is 11.4 Å². The summed E-state index contributed by atoms with van der Waals surface area (Å²) >= 11 is 9.70. The van der Waals surface area contributed by atoms with E-state index in [1.807, 2.05) is 36.4 Å². The SMILES string of the molecule is COc1cc(CNc2ccc(N3CCOCC3)cc2)cc(Br)c1OCc1cccc(Cl)c1. The maximum atomic E-state index is 6.07. The molecule has 1 aliphatic heterocycles. The minimum atomic E-state index is 0.405. The zero-order valence-electron chi connectivity index (χ0n) is 17.9. The Balaban J connectivity index is 1.39. The summed E-state index contributed by atoms with van der Waals surface area (Å²) in [5.74, 6) is 1.35. The summed E-state index contributed by atoms with van der Waals surface area (Å²) in [5, 5.41) is 4.17. The molecule has 0 atom stereocenters. The first-order valence-electron chi connectivity index (χ1n) is 10.5. The number of ether oxygens (including phenoxy) is 3. The van der Waals surface area contributed by atoms with Gasteiger partial charge in [-0.2, -0.15) is 0 Å². The molecular weight excluding hydrogens is 492 g/mol. The van der Waals surface area contributed by atoms with Crippen LogP contribution in [0.3, 0.4) is 0 Å². The van der Waals surface area contributed by atoms with E-state index in [0.717, 1.165) is 47.6 Å². The van der Waals surface area contributed by atoms with Crippen molar-refractivity contribution in [3.05, 3.63) is 81.3 Å². The third-order valence-electron chi connectivity index (χ3n) is 5.30. The van der Waals surface area contributed by atoms with Crippen LogP contribution in [0.5, 0.6) is 11.5 Å². The van der Waals surface area contributed by atoms with Crippen molar-refractivity contribution in [2.24, 2.45) is 0 Å². The van der Waals surface area contributed by atoms with Crippen LogP contribution in [0.15, 0.2) is 65.1 Å². The maximum Gasteiger partial charge on any atom is 0.175 e. The Labute approximate surface area is 202 Å². The number of halogens is 2. The third-order valence-corrected chi connectivity index (χ3v) is 6.13. The van der Waals surface area contributed by atoms with Gasteiger partial charge in [0.05, 0.1) is 24.8 Å². The lowest BCUT2D eigenvalue weighted by molar-refractivity contribution is 0.122. The average molecular weight is 518 g/mol.